The number of aliphatic hydroxyl groups is 1. The quantitative estimate of drug-likeness (QED) is 0.885. The standard InChI is InChI=1S/C16H23NO2/c1-19-13-8-10-17(11-9-13)15-7-6-12-4-2-3-5-14(12)16(15)18/h2-5,13,15-16,18H,6-11H2,1H3. The summed E-state index contributed by atoms with van der Waals surface area (Å²) in [6, 6.07) is 8.60. The molecule has 0 saturated carbocycles. The third-order valence-corrected chi connectivity index (χ3v) is 4.73. The van der Waals surface area contributed by atoms with Crippen molar-refractivity contribution in [2.24, 2.45) is 0 Å². The molecule has 0 aromatic heterocycles. The van der Waals surface area contributed by atoms with Gasteiger partial charge in [0.05, 0.1) is 12.2 Å². The van der Waals surface area contributed by atoms with Gasteiger partial charge in [-0.05, 0) is 36.8 Å². The third kappa shape index (κ3) is 2.55. The maximum absolute atomic E-state index is 10.6. The third-order valence-electron chi connectivity index (χ3n) is 4.73. The van der Waals surface area contributed by atoms with Crippen LogP contribution >= 0.6 is 0 Å². The molecule has 1 fully saturated rings. The topological polar surface area (TPSA) is 32.7 Å². The summed E-state index contributed by atoms with van der Waals surface area (Å²) in [4.78, 5) is 2.45. The van der Waals surface area contributed by atoms with Crippen molar-refractivity contribution >= 4 is 0 Å². The van der Waals surface area contributed by atoms with Crippen LogP contribution in [0, 0.1) is 0 Å². The average molecular weight is 261 g/mol. The van der Waals surface area contributed by atoms with Crippen molar-refractivity contribution in [3.05, 3.63) is 35.4 Å². The second-order valence-corrected chi connectivity index (χ2v) is 5.72. The molecule has 2 aliphatic rings. The predicted molar refractivity (Wildman–Crippen MR) is 75.1 cm³/mol. The van der Waals surface area contributed by atoms with Gasteiger partial charge in [0.15, 0.2) is 0 Å². The average Bonchev–Trinajstić information content (AvgIpc) is 2.48. The van der Waals surface area contributed by atoms with Gasteiger partial charge in [0.2, 0.25) is 0 Å². The summed E-state index contributed by atoms with van der Waals surface area (Å²) in [5.41, 5.74) is 2.45. The summed E-state index contributed by atoms with van der Waals surface area (Å²) in [7, 11) is 1.80. The van der Waals surface area contributed by atoms with Gasteiger partial charge in [-0.2, -0.15) is 0 Å². The minimum atomic E-state index is -0.330. The molecule has 1 N–H and O–H groups in total. The fourth-order valence-corrected chi connectivity index (χ4v) is 3.54. The van der Waals surface area contributed by atoms with Gasteiger partial charge in [0, 0.05) is 26.2 Å². The molecule has 2 atom stereocenters. The van der Waals surface area contributed by atoms with E-state index in [0.717, 1.165) is 44.3 Å². The van der Waals surface area contributed by atoms with Crippen molar-refractivity contribution in [1.29, 1.82) is 0 Å². The zero-order valence-electron chi connectivity index (χ0n) is 11.6. The van der Waals surface area contributed by atoms with Gasteiger partial charge in [-0.3, -0.25) is 4.90 Å². The molecular formula is C16H23NO2. The Hall–Kier alpha value is -0.900. The molecule has 0 radical (unpaired) electrons. The number of hydrogen-bond donors (Lipinski definition) is 1. The van der Waals surface area contributed by atoms with E-state index < -0.39 is 0 Å². The molecular weight excluding hydrogens is 238 g/mol. The summed E-state index contributed by atoms with van der Waals surface area (Å²) >= 11 is 0. The number of likely N-dealkylation sites (tertiary alicyclic amines) is 1. The lowest BCUT2D eigenvalue weighted by Crippen LogP contribution is -2.47. The maximum atomic E-state index is 10.6. The monoisotopic (exact) mass is 261 g/mol. The van der Waals surface area contributed by atoms with Gasteiger partial charge in [-0.25, -0.2) is 0 Å². The number of rotatable bonds is 2. The molecule has 1 aliphatic heterocycles. The van der Waals surface area contributed by atoms with Gasteiger partial charge in [0.1, 0.15) is 0 Å². The van der Waals surface area contributed by atoms with Crippen LogP contribution in [0.15, 0.2) is 24.3 Å². The van der Waals surface area contributed by atoms with E-state index in [1.54, 1.807) is 7.11 Å². The first-order valence-electron chi connectivity index (χ1n) is 7.32. The van der Waals surface area contributed by atoms with E-state index in [0.29, 0.717) is 6.10 Å². The molecule has 0 amide bonds. The number of nitrogens with zero attached hydrogens (tertiary/aromatic N) is 1. The van der Waals surface area contributed by atoms with Crippen LogP contribution in [0.25, 0.3) is 0 Å². The molecule has 1 aromatic rings. The Morgan fingerprint density at radius 3 is 2.63 bits per heavy atom. The first-order chi connectivity index (χ1) is 9.29. The van der Waals surface area contributed by atoms with Crippen molar-refractivity contribution < 1.29 is 9.84 Å². The Bertz CT molecular complexity index is 427. The summed E-state index contributed by atoms with van der Waals surface area (Å²) < 4.78 is 5.42. The van der Waals surface area contributed by atoms with E-state index in [2.05, 4.69) is 23.1 Å². The Morgan fingerprint density at radius 2 is 1.89 bits per heavy atom. The normalized spacial score (nSPS) is 29.2. The minimum absolute atomic E-state index is 0.285. The zero-order chi connectivity index (χ0) is 13.2. The molecule has 104 valence electrons. The highest BCUT2D eigenvalue weighted by molar-refractivity contribution is 5.32. The van der Waals surface area contributed by atoms with Crippen LogP contribution in [0.2, 0.25) is 0 Å². The Kier molecular flexibility index (Phi) is 3.87. The van der Waals surface area contributed by atoms with Crippen LogP contribution in [-0.2, 0) is 11.2 Å². The number of benzene rings is 1. The van der Waals surface area contributed by atoms with Gasteiger partial charge >= 0.3 is 0 Å². The largest absolute Gasteiger partial charge is 0.387 e. The Morgan fingerprint density at radius 1 is 1.16 bits per heavy atom. The predicted octanol–water partition coefficient (Wildman–Crippen LogP) is 2.15. The summed E-state index contributed by atoms with van der Waals surface area (Å²) in [5.74, 6) is 0. The van der Waals surface area contributed by atoms with Crippen molar-refractivity contribution in [3.63, 3.8) is 0 Å². The molecule has 1 saturated heterocycles. The number of piperidine rings is 1. The number of methoxy groups -OCH3 is 1. The number of aryl methyl sites for hydroxylation is 1. The summed E-state index contributed by atoms with van der Waals surface area (Å²) in [5, 5.41) is 10.6. The van der Waals surface area contributed by atoms with E-state index in [9.17, 15) is 5.11 Å². The molecule has 0 bridgehead atoms. The molecule has 1 heterocycles. The Balaban J connectivity index is 1.71. The van der Waals surface area contributed by atoms with E-state index in [1.807, 2.05) is 6.07 Å². The van der Waals surface area contributed by atoms with Crippen molar-refractivity contribution in [1.82, 2.24) is 4.90 Å². The molecule has 0 spiro atoms. The molecule has 19 heavy (non-hydrogen) atoms. The van der Waals surface area contributed by atoms with Crippen LogP contribution < -0.4 is 0 Å². The molecule has 1 aliphatic carbocycles. The van der Waals surface area contributed by atoms with Crippen molar-refractivity contribution in [2.45, 2.75) is 43.9 Å². The van der Waals surface area contributed by atoms with Gasteiger partial charge < -0.3 is 9.84 Å². The molecule has 3 rings (SSSR count). The first kappa shape index (κ1) is 13.1. The lowest BCUT2D eigenvalue weighted by Gasteiger charge is -2.41. The highest BCUT2D eigenvalue weighted by atomic mass is 16.5. The number of aliphatic hydroxyl groups excluding tert-OH is 1. The minimum Gasteiger partial charge on any atom is -0.387 e. The number of fused-ring (bicyclic) bond motifs is 1. The highest BCUT2D eigenvalue weighted by Gasteiger charge is 2.33. The fourth-order valence-electron chi connectivity index (χ4n) is 3.54. The first-order valence-corrected chi connectivity index (χ1v) is 7.32. The van der Waals surface area contributed by atoms with Gasteiger partial charge in [-0.15, -0.1) is 0 Å². The van der Waals surface area contributed by atoms with Crippen LogP contribution in [0.3, 0.4) is 0 Å². The number of hydrogen-bond acceptors (Lipinski definition) is 3. The highest BCUT2D eigenvalue weighted by Crippen LogP contribution is 2.34. The SMILES string of the molecule is COC1CCN(C2CCc3ccccc3C2O)CC1. The maximum Gasteiger partial charge on any atom is 0.0947 e. The van der Waals surface area contributed by atoms with Crippen LogP contribution in [-0.4, -0.2) is 42.4 Å². The van der Waals surface area contributed by atoms with E-state index in [4.69, 9.17) is 4.74 Å². The van der Waals surface area contributed by atoms with Crippen LogP contribution in [0.1, 0.15) is 36.5 Å². The lowest BCUT2D eigenvalue weighted by molar-refractivity contribution is -0.0139. The Labute approximate surface area is 115 Å². The van der Waals surface area contributed by atoms with E-state index in [1.165, 1.54) is 5.56 Å². The van der Waals surface area contributed by atoms with Crippen molar-refractivity contribution in [3.8, 4) is 0 Å². The van der Waals surface area contributed by atoms with Crippen LogP contribution in [0.4, 0.5) is 0 Å². The van der Waals surface area contributed by atoms with Gasteiger partial charge in [0.25, 0.3) is 0 Å². The molecule has 3 nitrogen and oxygen atoms in total. The lowest BCUT2D eigenvalue weighted by atomic mass is 9.84. The molecule has 3 heteroatoms. The van der Waals surface area contributed by atoms with Crippen molar-refractivity contribution in [2.75, 3.05) is 20.2 Å². The fraction of sp³-hybridized carbons (Fsp3) is 0.625. The number of ether oxygens (including phenoxy) is 1. The summed E-state index contributed by atoms with van der Waals surface area (Å²) in [6.45, 7) is 2.09. The van der Waals surface area contributed by atoms with E-state index >= 15 is 0 Å². The second kappa shape index (κ2) is 5.61. The zero-order valence-corrected chi connectivity index (χ0v) is 11.6. The van der Waals surface area contributed by atoms with Gasteiger partial charge in [-0.1, -0.05) is 24.3 Å². The smallest absolute Gasteiger partial charge is 0.0947 e. The summed E-state index contributed by atoms with van der Waals surface area (Å²) in [6.07, 6.45) is 4.40. The molecule has 1 aromatic carbocycles. The molecule has 2 unspecified atom stereocenters. The van der Waals surface area contributed by atoms with Crippen LogP contribution in [0.5, 0.6) is 0 Å². The van der Waals surface area contributed by atoms with E-state index in [-0.39, 0.29) is 12.1 Å². The second-order valence-electron chi connectivity index (χ2n) is 5.72.